The van der Waals surface area contributed by atoms with E-state index < -0.39 is 10.0 Å². The number of sulfonamides is 1. The van der Waals surface area contributed by atoms with E-state index in [-0.39, 0.29) is 4.90 Å². The van der Waals surface area contributed by atoms with Gasteiger partial charge in [0.1, 0.15) is 0 Å². The van der Waals surface area contributed by atoms with E-state index in [1.54, 1.807) is 31.2 Å². The van der Waals surface area contributed by atoms with E-state index in [4.69, 9.17) is 0 Å². The lowest BCUT2D eigenvalue weighted by Gasteiger charge is -2.10. The van der Waals surface area contributed by atoms with E-state index in [2.05, 4.69) is 43.2 Å². The van der Waals surface area contributed by atoms with Crippen LogP contribution in [0.4, 0.5) is 5.69 Å². The zero-order valence-corrected chi connectivity index (χ0v) is 14.6. The predicted molar refractivity (Wildman–Crippen MR) is 88.8 cm³/mol. The number of benzene rings is 2. The van der Waals surface area contributed by atoms with Gasteiger partial charge in [-0.25, -0.2) is 8.42 Å². The Balaban J connectivity index is 2.37. The third kappa shape index (κ3) is 3.70. The van der Waals surface area contributed by atoms with Gasteiger partial charge in [-0.15, -0.1) is 0 Å². The summed E-state index contributed by atoms with van der Waals surface area (Å²) in [6.45, 7) is 1.77. The summed E-state index contributed by atoms with van der Waals surface area (Å²) >= 11 is 5.46. The van der Waals surface area contributed by atoms with Gasteiger partial charge in [0.2, 0.25) is 0 Å². The first-order valence-electron chi connectivity index (χ1n) is 5.43. The topological polar surface area (TPSA) is 46.2 Å². The van der Waals surface area contributed by atoms with Gasteiger partial charge in [-0.3, -0.25) is 4.72 Å². The molecule has 0 aliphatic heterocycles. The van der Waals surface area contributed by atoms with Crippen LogP contribution in [-0.2, 0) is 10.0 Å². The number of hydrogen-bond acceptors (Lipinski definition) is 2. The van der Waals surface area contributed by atoms with E-state index in [1.807, 2.05) is 18.2 Å². The Kier molecular flexibility index (Phi) is 4.52. The molecule has 0 aliphatic carbocycles. The number of nitrogens with one attached hydrogen (secondary N) is 1. The molecule has 2 aromatic carbocycles. The molecule has 0 radical (unpaired) electrons. The van der Waals surface area contributed by atoms with Gasteiger partial charge in [-0.2, -0.15) is 0 Å². The minimum absolute atomic E-state index is 0.278. The molecule has 0 bridgehead atoms. The first-order valence-corrected chi connectivity index (χ1v) is 8.78. The van der Waals surface area contributed by atoms with Crippen molar-refractivity contribution in [2.45, 2.75) is 11.8 Å². The fourth-order valence-electron chi connectivity index (χ4n) is 1.59. The van der Waals surface area contributed by atoms with Gasteiger partial charge in [-0.1, -0.05) is 22.0 Å². The highest BCUT2D eigenvalue weighted by molar-refractivity contribution is 14.1. The quantitative estimate of drug-likeness (QED) is 0.712. The van der Waals surface area contributed by atoms with Gasteiger partial charge in [-0.05, 0) is 71.5 Å². The summed E-state index contributed by atoms with van der Waals surface area (Å²) in [7, 11) is -3.56. The number of hydrogen-bond donors (Lipinski definition) is 1. The van der Waals surface area contributed by atoms with Crippen molar-refractivity contribution in [3.05, 3.63) is 56.1 Å². The first-order chi connectivity index (χ1) is 8.88. The van der Waals surface area contributed by atoms with Gasteiger partial charge in [0.25, 0.3) is 10.0 Å². The highest BCUT2D eigenvalue weighted by Gasteiger charge is 2.17. The summed E-state index contributed by atoms with van der Waals surface area (Å²) in [5, 5.41) is 0. The lowest BCUT2D eigenvalue weighted by molar-refractivity contribution is 0.600. The molecule has 0 aromatic heterocycles. The van der Waals surface area contributed by atoms with Crippen LogP contribution in [0.15, 0.2) is 51.8 Å². The number of aryl methyl sites for hydroxylation is 1. The SMILES string of the molecule is Cc1ccc(Br)cc1S(=O)(=O)Nc1ccc(I)cc1. The van der Waals surface area contributed by atoms with Crippen molar-refractivity contribution in [2.75, 3.05) is 4.72 Å². The van der Waals surface area contributed by atoms with Gasteiger partial charge in [0, 0.05) is 13.7 Å². The van der Waals surface area contributed by atoms with Crippen LogP contribution < -0.4 is 4.72 Å². The Morgan fingerprint density at radius 3 is 2.37 bits per heavy atom. The van der Waals surface area contributed by atoms with Gasteiger partial charge in [0.05, 0.1) is 4.90 Å². The molecule has 0 spiro atoms. The number of halogens is 2. The summed E-state index contributed by atoms with van der Waals surface area (Å²) in [6.07, 6.45) is 0. The van der Waals surface area contributed by atoms with Gasteiger partial charge >= 0.3 is 0 Å². The van der Waals surface area contributed by atoms with Crippen LogP contribution in [0.1, 0.15) is 5.56 Å². The molecular formula is C13H11BrINO2S. The lowest BCUT2D eigenvalue weighted by atomic mass is 10.2. The zero-order chi connectivity index (χ0) is 14.0. The molecule has 19 heavy (non-hydrogen) atoms. The van der Waals surface area contributed by atoms with Crippen molar-refractivity contribution in [3.63, 3.8) is 0 Å². The minimum atomic E-state index is -3.56. The van der Waals surface area contributed by atoms with E-state index >= 15 is 0 Å². The average molecular weight is 452 g/mol. The van der Waals surface area contributed by atoms with E-state index in [1.165, 1.54) is 0 Å². The molecule has 0 heterocycles. The monoisotopic (exact) mass is 451 g/mol. The Labute approximate surface area is 134 Å². The largest absolute Gasteiger partial charge is 0.280 e. The van der Waals surface area contributed by atoms with Crippen LogP contribution in [0.2, 0.25) is 0 Å². The first kappa shape index (κ1) is 14.8. The second-order valence-electron chi connectivity index (χ2n) is 4.02. The Morgan fingerprint density at radius 2 is 1.74 bits per heavy atom. The smallest absolute Gasteiger partial charge is 0.262 e. The highest BCUT2D eigenvalue weighted by Crippen LogP contribution is 2.23. The van der Waals surface area contributed by atoms with Crippen LogP contribution in [0.5, 0.6) is 0 Å². The highest BCUT2D eigenvalue weighted by atomic mass is 127. The standard InChI is InChI=1S/C13H11BrINO2S/c1-9-2-3-10(14)8-13(9)19(17,18)16-12-6-4-11(15)5-7-12/h2-8,16H,1H3. The van der Waals surface area contributed by atoms with E-state index in [0.717, 1.165) is 8.04 Å². The van der Waals surface area contributed by atoms with Crippen molar-refractivity contribution < 1.29 is 8.42 Å². The summed E-state index contributed by atoms with van der Waals surface area (Å²) in [4.78, 5) is 0.278. The third-order valence-corrected chi connectivity index (χ3v) is 5.27. The molecule has 2 rings (SSSR count). The zero-order valence-electron chi connectivity index (χ0n) is 10.0. The van der Waals surface area contributed by atoms with Crippen LogP contribution >= 0.6 is 38.5 Å². The second-order valence-corrected chi connectivity index (χ2v) is 7.83. The summed E-state index contributed by atoms with van der Waals surface area (Å²) in [5.41, 5.74) is 1.26. The van der Waals surface area contributed by atoms with Crippen molar-refractivity contribution in [1.82, 2.24) is 0 Å². The van der Waals surface area contributed by atoms with Crippen LogP contribution in [-0.4, -0.2) is 8.42 Å². The fraction of sp³-hybridized carbons (Fsp3) is 0.0769. The third-order valence-electron chi connectivity index (χ3n) is 2.54. The summed E-state index contributed by atoms with van der Waals surface area (Å²) in [6, 6.07) is 12.4. The molecule has 0 aliphatic rings. The Morgan fingerprint density at radius 1 is 1.11 bits per heavy atom. The minimum Gasteiger partial charge on any atom is -0.280 e. The number of anilines is 1. The van der Waals surface area contributed by atoms with Crippen LogP contribution in [0, 0.1) is 10.5 Å². The lowest BCUT2D eigenvalue weighted by Crippen LogP contribution is -2.14. The molecule has 6 heteroatoms. The van der Waals surface area contributed by atoms with Crippen molar-refractivity contribution in [3.8, 4) is 0 Å². The molecule has 0 saturated carbocycles. The Bertz CT molecular complexity index is 699. The van der Waals surface area contributed by atoms with Gasteiger partial charge in [0.15, 0.2) is 0 Å². The maximum absolute atomic E-state index is 12.3. The molecule has 0 atom stereocenters. The number of rotatable bonds is 3. The molecular weight excluding hydrogens is 441 g/mol. The molecule has 3 nitrogen and oxygen atoms in total. The van der Waals surface area contributed by atoms with Crippen LogP contribution in [0.3, 0.4) is 0 Å². The average Bonchev–Trinajstić information content (AvgIpc) is 2.35. The van der Waals surface area contributed by atoms with E-state index in [0.29, 0.717) is 11.3 Å². The molecule has 2 aromatic rings. The molecule has 0 saturated heterocycles. The molecule has 0 unspecified atom stereocenters. The van der Waals surface area contributed by atoms with Crippen molar-refractivity contribution in [2.24, 2.45) is 0 Å². The normalized spacial score (nSPS) is 11.3. The van der Waals surface area contributed by atoms with Crippen molar-refractivity contribution in [1.29, 1.82) is 0 Å². The molecule has 0 amide bonds. The predicted octanol–water partition coefficient (Wildman–Crippen LogP) is 4.16. The van der Waals surface area contributed by atoms with Crippen molar-refractivity contribution >= 4 is 54.2 Å². The van der Waals surface area contributed by atoms with E-state index in [9.17, 15) is 8.42 Å². The summed E-state index contributed by atoms with van der Waals surface area (Å²) < 4.78 is 29.0. The van der Waals surface area contributed by atoms with Gasteiger partial charge < -0.3 is 0 Å². The summed E-state index contributed by atoms with van der Waals surface area (Å²) in [5.74, 6) is 0. The maximum Gasteiger partial charge on any atom is 0.262 e. The maximum atomic E-state index is 12.3. The fourth-order valence-corrected chi connectivity index (χ4v) is 3.79. The van der Waals surface area contributed by atoms with Crippen LogP contribution in [0.25, 0.3) is 0 Å². The Hall–Kier alpha value is -0.600. The molecule has 0 fully saturated rings. The molecule has 100 valence electrons. The second kappa shape index (κ2) is 5.80. The molecule has 1 N–H and O–H groups in total.